The van der Waals surface area contributed by atoms with E-state index in [9.17, 15) is 4.79 Å². The molecule has 1 fully saturated rings. The summed E-state index contributed by atoms with van der Waals surface area (Å²) >= 11 is 0. The number of aromatic nitrogens is 2. The van der Waals surface area contributed by atoms with E-state index in [1.165, 1.54) is 12.8 Å². The Morgan fingerprint density at radius 3 is 2.62 bits per heavy atom. The van der Waals surface area contributed by atoms with Crippen LogP contribution in [0.3, 0.4) is 0 Å². The molecule has 3 aromatic rings. The van der Waals surface area contributed by atoms with Gasteiger partial charge in [0.15, 0.2) is 11.5 Å². The van der Waals surface area contributed by atoms with Crippen LogP contribution in [0.2, 0.25) is 0 Å². The number of rotatable bonds is 7. The zero-order chi connectivity index (χ0) is 20.1. The van der Waals surface area contributed by atoms with E-state index in [1.54, 1.807) is 25.4 Å². The molecule has 1 aliphatic rings. The van der Waals surface area contributed by atoms with Gasteiger partial charge in [-0.1, -0.05) is 12.1 Å². The van der Waals surface area contributed by atoms with Gasteiger partial charge >= 0.3 is 0 Å². The molecule has 4 rings (SSSR count). The van der Waals surface area contributed by atoms with Crippen LogP contribution in [-0.4, -0.2) is 28.9 Å². The van der Waals surface area contributed by atoms with E-state index < -0.39 is 0 Å². The highest BCUT2D eigenvalue weighted by Crippen LogP contribution is 2.32. The van der Waals surface area contributed by atoms with Gasteiger partial charge in [0.2, 0.25) is 0 Å². The Kier molecular flexibility index (Phi) is 5.79. The average Bonchev–Trinajstić information content (AvgIpc) is 3.44. The molecule has 1 saturated carbocycles. The molecule has 2 aromatic carbocycles. The van der Waals surface area contributed by atoms with Crippen molar-refractivity contribution in [1.82, 2.24) is 9.78 Å². The Hall–Kier alpha value is -3.28. The molecular formula is C23H25N3O3. The molecule has 6 heteroatoms. The number of hydrogen-bond acceptors (Lipinski definition) is 4. The molecule has 0 spiro atoms. The second-order valence-electron chi connectivity index (χ2n) is 7.24. The van der Waals surface area contributed by atoms with Crippen molar-refractivity contribution in [1.29, 1.82) is 0 Å². The van der Waals surface area contributed by atoms with Crippen LogP contribution >= 0.6 is 0 Å². The van der Waals surface area contributed by atoms with Gasteiger partial charge in [0.25, 0.3) is 5.91 Å². The lowest BCUT2D eigenvalue weighted by Gasteiger charge is -2.16. The number of carbonyl (C=O) groups excluding carboxylic acids is 1. The van der Waals surface area contributed by atoms with Gasteiger partial charge in [-0.25, -0.2) is 0 Å². The van der Waals surface area contributed by atoms with Crippen molar-refractivity contribution >= 4 is 11.6 Å². The van der Waals surface area contributed by atoms with Crippen LogP contribution in [0.15, 0.2) is 60.9 Å². The lowest BCUT2D eigenvalue weighted by molar-refractivity contribution is 0.102. The number of hydrogen-bond donors (Lipinski definition) is 1. The van der Waals surface area contributed by atoms with Gasteiger partial charge in [-0.05, 0) is 67.6 Å². The maximum atomic E-state index is 12.7. The van der Waals surface area contributed by atoms with E-state index in [2.05, 4.69) is 10.4 Å². The molecule has 150 valence electrons. The van der Waals surface area contributed by atoms with Gasteiger partial charge in [-0.2, -0.15) is 5.10 Å². The quantitative estimate of drug-likeness (QED) is 0.643. The molecular weight excluding hydrogens is 366 g/mol. The minimum Gasteiger partial charge on any atom is -0.493 e. The Morgan fingerprint density at radius 2 is 1.93 bits per heavy atom. The normalized spacial score (nSPS) is 14.0. The fourth-order valence-corrected chi connectivity index (χ4v) is 3.57. The number of anilines is 1. The third-order valence-electron chi connectivity index (χ3n) is 5.14. The van der Waals surface area contributed by atoms with Crippen LogP contribution in [0, 0.1) is 0 Å². The minimum absolute atomic E-state index is 0.185. The Balaban J connectivity index is 1.41. The molecule has 1 heterocycles. The lowest BCUT2D eigenvalue weighted by Crippen LogP contribution is -2.14. The molecule has 1 N–H and O–H groups in total. The van der Waals surface area contributed by atoms with Crippen molar-refractivity contribution in [2.75, 3.05) is 12.4 Å². The Bertz CT molecular complexity index is 946. The predicted octanol–water partition coefficient (Wildman–Crippen LogP) is 4.51. The topological polar surface area (TPSA) is 65.4 Å². The number of nitrogens with one attached hydrogen (secondary N) is 1. The van der Waals surface area contributed by atoms with Gasteiger partial charge in [0, 0.05) is 23.6 Å². The van der Waals surface area contributed by atoms with Crippen molar-refractivity contribution in [2.24, 2.45) is 0 Å². The molecule has 0 atom stereocenters. The fraction of sp³-hybridized carbons (Fsp3) is 0.304. The highest BCUT2D eigenvalue weighted by atomic mass is 16.5. The van der Waals surface area contributed by atoms with Crippen molar-refractivity contribution in [3.05, 3.63) is 72.1 Å². The highest BCUT2D eigenvalue weighted by molar-refractivity contribution is 6.04. The SMILES string of the molecule is COc1cc(C(=O)Nc2ccc(Cn3cccn3)cc2)ccc1OC1CCCC1. The Labute approximate surface area is 170 Å². The Morgan fingerprint density at radius 1 is 1.14 bits per heavy atom. The van der Waals surface area contributed by atoms with Crippen molar-refractivity contribution < 1.29 is 14.3 Å². The highest BCUT2D eigenvalue weighted by Gasteiger charge is 2.19. The molecule has 6 nitrogen and oxygen atoms in total. The van der Waals surface area contributed by atoms with E-state index in [1.807, 2.05) is 47.3 Å². The van der Waals surface area contributed by atoms with Crippen molar-refractivity contribution in [3.63, 3.8) is 0 Å². The summed E-state index contributed by atoms with van der Waals surface area (Å²) in [4.78, 5) is 12.7. The second kappa shape index (κ2) is 8.82. The van der Waals surface area contributed by atoms with Crippen LogP contribution in [0.5, 0.6) is 11.5 Å². The lowest BCUT2D eigenvalue weighted by atomic mass is 10.1. The molecule has 1 aromatic heterocycles. The first-order valence-electron chi connectivity index (χ1n) is 9.94. The molecule has 0 aliphatic heterocycles. The number of ether oxygens (including phenoxy) is 2. The molecule has 0 saturated heterocycles. The van der Waals surface area contributed by atoms with Crippen LogP contribution in [0.1, 0.15) is 41.6 Å². The zero-order valence-corrected chi connectivity index (χ0v) is 16.5. The number of nitrogens with zero attached hydrogens (tertiary/aromatic N) is 2. The summed E-state index contributed by atoms with van der Waals surface area (Å²) in [7, 11) is 1.59. The van der Waals surface area contributed by atoms with E-state index in [0.717, 1.165) is 24.1 Å². The third kappa shape index (κ3) is 4.77. The monoisotopic (exact) mass is 391 g/mol. The van der Waals surface area contributed by atoms with E-state index in [0.29, 0.717) is 23.6 Å². The predicted molar refractivity (Wildman–Crippen MR) is 112 cm³/mol. The standard InChI is InChI=1S/C23H25N3O3/c1-28-22-15-18(9-12-21(22)29-20-5-2-3-6-20)23(27)25-19-10-7-17(8-11-19)16-26-14-4-13-24-26/h4,7-15,20H,2-3,5-6,16H2,1H3,(H,25,27). The van der Waals surface area contributed by atoms with Crippen LogP contribution in [-0.2, 0) is 6.54 Å². The number of amides is 1. The number of carbonyl (C=O) groups is 1. The number of benzene rings is 2. The summed E-state index contributed by atoms with van der Waals surface area (Å²) in [5.41, 5.74) is 2.38. The molecule has 29 heavy (non-hydrogen) atoms. The van der Waals surface area contributed by atoms with Crippen LogP contribution < -0.4 is 14.8 Å². The molecule has 1 aliphatic carbocycles. The minimum atomic E-state index is -0.185. The van der Waals surface area contributed by atoms with Crippen LogP contribution in [0.4, 0.5) is 5.69 Å². The van der Waals surface area contributed by atoms with E-state index in [-0.39, 0.29) is 12.0 Å². The molecule has 1 amide bonds. The molecule has 0 bridgehead atoms. The molecule has 0 radical (unpaired) electrons. The fourth-order valence-electron chi connectivity index (χ4n) is 3.57. The van der Waals surface area contributed by atoms with E-state index >= 15 is 0 Å². The van der Waals surface area contributed by atoms with Crippen molar-refractivity contribution in [3.8, 4) is 11.5 Å². The molecule has 0 unspecified atom stereocenters. The summed E-state index contributed by atoms with van der Waals surface area (Å²) in [5.74, 6) is 1.09. The summed E-state index contributed by atoms with van der Waals surface area (Å²) < 4.78 is 13.3. The summed E-state index contributed by atoms with van der Waals surface area (Å²) in [6.07, 6.45) is 8.46. The first kappa shape index (κ1) is 19.1. The summed E-state index contributed by atoms with van der Waals surface area (Å²) in [6, 6.07) is 15.0. The van der Waals surface area contributed by atoms with Gasteiger partial charge in [-0.3, -0.25) is 9.48 Å². The largest absolute Gasteiger partial charge is 0.493 e. The van der Waals surface area contributed by atoms with Gasteiger partial charge in [0.05, 0.1) is 19.8 Å². The maximum Gasteiger partial charge on any atom is 0.255 e. The first-order chi connectivity index (χ1) is 14.2. The average molecular weight is 391 g/mol. The third-order valence-corrected chi connectivity index (χ3v) is 5.14. The summed E-state index contributed by atoms with van der Waals surface area (Å²) in [6.45, 7) is 0.695. The van der Waals surface area contributed by atoms with Gasteiger partial charge in [-0.15, -0.1) is 0 Å². The van der Waals surface area contributed by atoms with E-state index in [4.69, 9.17) is 9.47 Å². The first-order valence-corrected chi connectivity index (χ1v) is 9.94. The second-order valence-corrected chi connectivity index (χ2v) is 7.24. The maximum absolute atomic E-state index is 12.7. The van der Waals surface area contributed by atoms with Gasteiger partial charge in [0.1, 0.15) is 0 Å². The van der Waals surface area contributed by atoms with Crippen molar-refractivity contribution in [2.45, 2.75) is 38.3 Å². The van der Waals surface area contributed by atoms with Crippen LogP contribution in [0.25, 0.3) is 0 Å². The van der Waals surface area contributed by atoms with Gasteiger partial charge < -0.3 is 14.8 Å². The summed E-state index contributed by atoms with van der Waals surface area (Å²) in [5, 5.41) is 7.13. The zero-order valence-electron chi connectivity index (χ0n) is 16.5. The number of methoxy groups -OCH3 is 1. The smallest absolute Gasteiger partial charge is 0.255 e.